The van der Waals surface area contributed by atoms with Crippen LogP contribution in [-0.2, 0) is 0 Å². The fraction of sp³-hybridized carbons (Fsp3) is 0.462. The van der Waals surface area contributed by atoms with Gasteiger partial charge < -0.3 is 15.5 Å². The lowest BCUT2D eigenvalue weighted by Gasteiger charge is -2.34. The van der Waals surface area contributed by atoms with E-state index in [1.807, 2.05) is 6.92 Å². The Kier molecular flexibility index (Phi) is 9.77. The zero-order valence-corrected chi connectivity index (χ0v) is 22.1. The van der Waals surface area contributed by atoms with Gasteiger partial charge in [0, 0.05) is 61.7 Å². The molecule has 2 heterocycles. The molecule has 2 N–H and O–H groups in total. The summed E-state index contributed by atoms with van der Waals surface area (Å²) in [5, 5.41) is 7.38. The van der Waals surface area contributed by atoms with Crippen LogP contribution in [-0.4, -0.2) is 66.5 Å². The van der Waals surface area contributed by atoms with Crippen LogP contribution in [0.2, 0.25) is 10.0 Å². The van der Waals surface area contributed by atoms with Gasteiger partial charge in [0.15, 0.2) is 0 Å². The van der Waals surface area contributed by atoms with Gasteiger partial charge in [-0.05, 0) is 56.7 Å². The molecule has 1 fully saturated rings. The molecule has 1 aromatic heterocycles. The molecule has 0 bridgehead atoms. The van der Waals surface area contributed by atoms with Crippen LogP contribution in [0.5, 0.6) is 0 Å². The third-order valence-corrected chi connectivity index (χ3v) is 7.18. The van der Waals surface area contributed by atoms with Crippen LogP contribution < -0.4 is 10.6 Å². The summed E-state index contributed by atoms with van der Waals surface area (Å²) in [5.74, 6) is 0.411. The zero-order chi connectivity index (χ0) is 24.7. The minimum absolute atomic E-state index is 0.302. The highest BCUT2D eigenvalue weighted by molar-refractivity contribution is 6.36. The number of halogens is 2. The van der Waals surface area contributed by atoms with E-state index < -0.39 is 0 Å². The number of nitrogens with zero attached hydrogens (tertiary/aromatic N) is 3. The minimum atomic E-state index is -0.302. The topological polar surface area (TPSA) is 60.5 Å². The second-order valence-electron chi connectivity index (χ2n) is 8.63. The number of hydrogen-bond donors (Lipinski definition) is 2. The fourth-order valence-electron chi connectivity index (χ4n) is 4.00. The Bertz CT molecular complexity index is 1010. The molecule has 0 saturated carbocycles. The molecule has 0 radical (unpaired) electrons. The van der Waals surface area contributed by atoms with Gasteiger partial charge in [0.1, 0.15) is 5.82 Å². The third kappa shape index (κ3) is 6.72. The first-order valence-electron chi connectivity index (χ1n) is 11.9. The van der Waals surface area contributed by atoms with Crippen molar-refractivity contribution in [2.75, 3.05) is 56.4 Å². The number of allylic oxidation sites excluding steroid dienone is 2. The van der Waals surface area contributed by atoms with E-state index in [-0.39, 0.29) is 5.91 Å². The van der Waals surface area contributed by atoms with Crippen molar-refractivity contribution < 1.29 is 4.79 Å². The predicted molar refractivity (Wildman–Crippen MR) is 144 cm³/mol. The van der Waals surface area contributed by atoms with Crippen LogP contribution in [0.3, 0.4) is 0 Å². The number of anilines is 2. The maximum Gasteiger partial charge on any atom is 0.258 e. The molecule has 0 unspecified atom stereocenters. The average Bonchev–Trinajstić information content (AvgIpc) is 2.85. The Balaban J connectivity index is 1.78. The van der Waals surface area contributed by atoms with E-state index in [2.05, 4.69) is 46.2 Å². The first-order valence-corrected chi connectivity index (χ1v) is 12.7. The van der Waals surface area contributed by atoms with Gasteiger partial charge in [-0.3, -0.25) is 9.69 Å². The number of pyridine rings is 1. The van der Waals surface area contributed by atoms with Crippen molar-refractivity contribution in [2.45, 2.75) is 34.1 Å². The Morgan fingerprint density at radius 3 is 2.29 bits per heavy atom. The molecular weight excluding hydrogens is 469 g/mol. The lowest BCUT2D eigenvalue weighted by Crippen LogP contribution is -2.47. The number of carbonyl (C=O) groups excluding carboxylic acids is 1. The van der Waals surface area contributed by atoms with Crippen LogP contribution >= 0.6 is 23.2 Å². The molecule has 34 heavy (non-hydrogen) atoms. The van der Waals surface area contributed by atoms with Gasteiger partial charge in [0.2, 0.25) is 0 Å². The van der Waals surface area contributed by atoms with Gasteiger partial charge >= 0.3 is 0 Å². The highest BCUT2D eigenvalue weighted by Gasteiger charge is 2.21. The first kappa shape index (κ1) is 26.5. The number of likely N-dealkylation sites (N-methyl/N-ethyl adjacent to an activating group) is 1. The van der Waals surface area contributed by atoms with E-state index in [0.29, 0.717) is 27.1 Å². The summed E-state index contributed by atoms with van der Waals surface area (Å²) in [7, 11) is 0. The highest BCUT2D eigenvalue weighted by Crippen LogP contribution is 2.35. The van der Waals surface area contributed by atoms with Crippen molar-refractivity contribution in [2.24, 2.45) is 0 Å². The molecule has 1 aliphatic rings. The molecule has 1 saturated heterocycles. The third-order valence-electron chi connectivity index (χ3n) is 6.54. The Morgan fingerprint density at radius 1 is 1.03 bits per heavy atom. The van der Waals surface area contributed by atoms with Crippen LogP contribution in [0.4, 0.5) is 11.5 Å². The number of hydrogen-bond acceptors (Lipinski definition) is 5. The summed E-state index contributed by atoms with van der Waals surface area (Å²) in [6.45, 7) is 15.6. The van der Waals surface area contributed by atoms with E-state index in [1.165, 1.54) is 5.57 Å². The molecule has 2 aromatic rings. The summed E-state index contributed by atoms with van der Waals surface area (Å²) in [5.41, 5.74) is 4.03. The summed E-state index contributed by atoms with van der Waals surface area (Å²) in [4.78, 5) is 22.6. The zero-order valence-electron chi connectivity index (χ0n) is 20.5. The summed E-state index contributed by atoms with van der Waals surface area (Å²) in [6.07, 6.45) is 2.44. The Morgan fingerprint density at radius 2 is 1.68 bits per heavy atom. The van der Waals surface area contributed by atoms with Crippen molar-refractivity contribution >= 4 is 46.2 Å². The number of carbonyl (C=O) groups is 1. The van der Waals surface area contributed by atoms with Crippen molar-refractivity contribution in [3.8, 4) is 0 Å². The molecule has 3 rings (SSSR count). The molecule has 184 valence electrons. The average molecular weight is 505 g/mol. The minimum Gasteiger partial charge on any atom is -0.368 e. The first-order chi connectivity index (χ1) is 16.3. The number of nitrogens with one attached hydrogen (secondary N) is 2. The summed E-state index contributed by atoms with van der Waals surface area (Å²) < 4.78 is 0. The molecule has 6 nitrogen and oxygen atoms in total. The van der Waals surface area contributed by atoms with Gasteiger partial charge in [0.05, 0.1) is 10.6 Å². The summed E-state index contributed by atoms with van der Waals surface area (Å²) >= 11 is 12.8. The van der Waals surface area contributed by atoms with Crippen LogP contribution in [0, 0.1) is 0 Å². The number of piperazine rings is 1. The molecule has 1 amide bonds. The number of rotatable bonds is 9. The molecular formula is C26H35Cl2N5O. The van der Waals surface area contributed by atoms with Crippen molar-refractivity contribution in [3.05, 3.63) is 57.2 Å². The van der Waals surface area contributed by atoms with E-state index in [1.54, 1.807) is 30.5 Å². The van der Waals surface area contributed by atoms with E-state index in [9.17, 15) is 4.79 Å². The predicted octanol–water partition coefficient (Wildman–Crippen LogP) is 5.89. The highest BCUT2D eigenvalue weighted by atomic mass is 35.5. The molecule has 8 heteroatoms. The largest absolute Gasteiger partial charge is 0.368 e. The van der Waals surface area contributed by atoms with Crippen molar-refractivity contribution in [3.63, 3.8) is 0 Å². The van der Waals surface area contributed by atoms with Crippen LogP contribution in [0.15, 0.2) is 36.0 Å². The van der Waals surface area contributed by atoms with Crippen LogP contribution in [0.25, 0.3) is 5.57 Å². The quantitative estimate of drug-likeness (QED) is 0.446. The molecule has 0 atom stereocenters. The molecule has 1 aromatic carbocycles. The van der Waals surface area contributed by atoms with Gasteiger partial charge in [-0.1, -0.05) is 42.6 Å². The number of benzene rings is 1. The number of amides is 1. The van der Waals surface area contributed by atoms with Crippen molar-refractivity contribution in [1.82, 2.24) is 14.8 Å². The van der Waals surface area contributed by atoms with E-state index >= 15 is 0 Å². The Hall–Kier alpha value is -2.12. The Labute approximate surface area is 213 Å². The monoisotopic (exact) mass is 503 g/mol. The standard InChI is InChI=1S/C26H35Cl2N5O/c1-5-18(3)19(4)23-24(28)22(26(34)31-21-9-7-20(27)8-10-21)17-30-25(23)29-11-12-33-15-13-32(6-2)14-16-33/h7-10,17H,5-6,11-16H2,1-4H3,(H,29,30)(H,31,34). The fourth-order valence-corrected chi connectivity index (χ4v) is 4.49. The summed E-state index contributed by atoms with van der Waals surface area (Å²) in [6, 6.07) is 6.97. The smallest absolute Gasteiger partial charge is 0.258 e. The van der Waals surface area contributed by atoms with E-state index in [0.717, 1.165) is 63.4 Å². The van der Waals surface area contributed by atoms with Gasteiger partial charge in [-0.25, -0.2) is 4.98 Å². The van der Waals surface area contributed by atoms with Gasteiger partial charge in [0.25, 0.3) is 5.91 Å². The normalized spacial score (nSPS) is 15.7. The second-order valence-corrected chi connectivity index (χ2v) is 9.45. The molecule has 0 spiro atoms. The van der Waals surface area contributed by atoms with E-state index in [4.69, 9.17) is 23.2 Å². The molecule has 0 aliphatic carbocycles. The molecule has 1 aliphatic heterocycles. The lowest BCUT2D eigenvalue weighted by atomic mass is 9.99. The maximum absolute atomic E-state index is 13.0. The number of aromatic nitrogens is 1. The van der Waals surface area contributed by atoms with Gasteiger partial charge in [-0.2, -0.15) is 0 Å². The van der Waals surface area contributed by atoms with Crippen molar-refractivity contribution in [1.29, 1.82) is 0 Å². The second kappa shape index (κ2) is 12.5. The lowest BCUT2D eigenvalue weighted by molar-refractivity contribution is 0.102. The van der Waals surface area contributed by atoms with Crippen LogP contribution in [0.1, 0.15) is 50.0 Å². The SMILES string of the molecule is CCC(C)=C(C)c1c(NCCN2CCN(CC)CC2)ncc(C(=O)Nc2ccc(Cl)cc2)c1Cl. The maximum atomic E-state index is 13.0. The van der Waals surface area contributed by atoms with Gasteiger partial charge in [-0.15, -0.1) is 0 Å².